The third-order valence-corrected chi connectivity index (χ3v) is 6.46. The van der Waals surface area contributed by atoms with E-state index < -0.39 is 0 Å². The molecule has 182 valence electrons. The number of hydrogen-bond acceptors (Lipinski definition) is 7. The van der Waals surface area contributed by atoms with Crippen molar-refractivity contribution in [3.63, 3.8) is 0 Å². The Morgan fingerprint density at radius 2 is 2.11 bits per heavy atom. The number of aromatic amines is 1. The Labute approximate surface area is 207 Å². The molecule has 1 fully saturated rings. The molecule has 1 aliphatic heterocycles. The maximum absolute atomic E-state index is 13.7. The van der Waals surface area contributed by atoms with E-state index in [-0.39, 0.29) is 28.6 Å². The maximum atomic E-state index is 13.7. The molecule has 1 atom stereocenters. The highest BCUT2D eigenvalue weighted by atomic mass is 16.5. The molecule has 1 aromatic carbocycles. The first-order valence-corrected chi connectivity index (χ1v) is 12.0. The van der Waals surface area contributed by atoms with Crippen LogP contribution < -0.4 is 10.5 Å². The van der Waals surface area contributed by atoms with Crippen molar-refractivity contribution in [2.24, 2.45) is 5.92 Å². The number of H-pyrrole nitrogens is 1. The average molecular weight is 483 g/mol. The van der Waals surface area contributed by atoms with Gasteiger partial charge in [0.15, 0.2) is 0 Å². The van der Waals surface area contributed by atoms with E-state index in [0.717, 1.165) is 23.0 Å². The molecule has 9 heteroatoms. The molecule has 1 N–H and O–H groups in total. The molecule has 4 aromatic rings. The number of anilines is 1. The molecule has 9 nitrogen and oxygen atoms in total. The third kappa shape index (κ3) is 4.22. The summed E-state index contributed by atoms with van der Waals surface area (Å²) in [5, 5.41) is 10.0. The van der Waals surface area contributed by atoms with Crippen LogP contribution in [0.15, 0.2) is 47.4 Å². The Bertz CT molecular complexity index is 1560. The predicted octanol–water partition coefficient (Wildman–Crippen LogP) is 3.72. The molecule has 0 radical (unpaired) electrons. The summed E-state index contributed by atoms with van der Waals surface area (Å²) in [5.41, 5.74) is 3.12. The summed E-state index contributed by atoms with van der Waals surface area (Å²) in [4.78, 5) is 40.7. The van der Waals surface area contributed by atoms with E-state index in [1.54, 1.807) is 25.3 Å². The third-order valence-electron chi connectivity index (χ3n) is 6.46. The highest BCUT2D eigenvalue weighted by Gasteiger charge is 2.30. The molecule has 1 aliphatic rings. The first-order chi connectivity index (χ1) is 17.5. The summed E-state index contributed by atoms with van der Waals surface area (Å²) >= 11 is 0. The summed E-state index contributed by atoms with van der Waals surface area (Å²) in [5.74, 6) is 0.278. The average Bonchev–Trinajstić information content (AvgIpc) is 3.33. The monoisotopic (exact) mass is 482 g/mol. The largest absolute Gasteiger partial charge is 0.466 e. The maximum Gasteiger partial charge on any atom is 0.310 e. The van der Waals surface area contributed by atoms with Crippen molar-refractivity contribution in [2.75, 3.05) is 24.6 Å². The van der Waals surface area contributed by atoms with Gasteiger partial charge in [0.1, 0.15) is 23.4 Å². The summed E-state index contributed by atoms with van der Waals surface area (Å²) < 4.78 is 6.75. The fraction of sp³-hybridized carbons (Fsp3) is 0.296. The number of carbonyl (C=O) groups is 1. The molecule has 0 saturated carbocycles. The minimum atomic E-state index is -0.307. The van der Waals surface area contributed by atoms with Crippen LogP contribution in [-0.4, -0.2) is 45.0 Å². The van der Waals surface area contributed by atoms with Crippen LogP contribution in [0.1, 0.15) is 36.7 Å². The van der Waals surface area contributed by atoms with E-state index in [0.29, 0.717) is 43.4 Å². The number of piperidine rings is 1. The van der Waals surface area contributed by atoms with Crippen molar-refractivity contribution < 1.29 is 9.53 Å². The summed E-state index contributed by atoms with van der Waals surface area (Å²) in [6, 6.07) is 13.4. The van der Waals surface area contributed by atoms with E-state index in [1.165, 1.54) is 4.40 Å². The topological polar surface area (TPSA) is 116 Å². The van der Waals surface area contributed by atoms with Gasteiger partial charge in [-0.3, -0.25) is 14.0 Å². The standard InChI is InChI=1S/C27H26N6O3/c1-3-36-27(35)18-9-7-12-32(16-18)25-20(26(34)33-13-6-8-17(2)24(33)31-25)14-19(15-28)23-29-21-10-4-5-11-22(21)30-23/h4-6,8,10-11,13-14,18H,3,7,9,12,16H2,1-2H3,(H,29,30)/b19-14+/t18-/m1/s1. The lowest BCUT2D eigenvalue weighted by molar-refractivity contribution is -0.148. The molecule has 5 rings (SSSR count). The lowest BCUT2D eigenvalue weighted by Crippen LogP contribution is -2.41. The number of aryl methyl sites for hydroxylation is 1. The van der Waals surface area contributed by atoms with Gasteiger partial charge in [-0.15, -0.1) is 0 Å². The second-order valence-corrected chi connectivity index (χ2v) is 8.85. The molecule has 0 unspecified atom stereocenters. The van der Waals surface area contributed by atoms with Crippen LogP contribution in [0, 0.1) is 24.2 Å². The number of ether oxygens (including phenoxy) is 1. The summed E-state index contributed by atoms with van der Waals surface area (Å²) in [6.07, 6.45) is 4.69. The number of imidazole rings is 1. The van der Waals surface area contributed by atoms with Gasteiger partial charge in [0.05, 0.1) is 34.7 Å². The van der Waals surface area contributed by atoms with Crippen molar-refractivity contribution >= 4 is 40.1 Å². The number of allylic oxidation sites excluding steroid dienone is 1. The van der Waals surface area contributed by atoms with Crippen LogP contribution in [0.3, 0.4) is 0 Å². The minimum Gasteiger partial charge on any atom is -0.466 e. The number of hydrogen-bond donors (Lipinski definition) is 1. The van der Waals surface area contributed by atoms with Crippen LogP contribution in [0.4, 0.5) is 5.82 Å². The molecule has 1 saturated heterocycles. The van der Waals surface area contributed by atoms with Gasteiger partial charge in [-0.2, -0.15) is 5.26 Å². The van der Waals surface area contributed by atoms with Crippen LogP contribution in [-0.2, 0) is 9.53 Å². The van der Waals surface area contributed by atoms with Crippen LogP contribution in [0.25, 0.3) is 28.3 Å². The quantitative estimate of drug-likeness (QED) is 0.340. The van der Waals surface area contributed by atoms with Crippen LogP contribution in [0.2, 0.25) is 0 Å². The van der Waals surface area contributed by atoms with Gasteiger partial charge in [0.2, 0.25) is 0 Å². The number of benzene rings is 1. The SMILES string of the molecule is CCOC(=O)[C@@H]1CCCN(c2nc3c(C)cccn3c(=O)c2/C=C(\C#N)c2nc3ccccc3[nH]2)C1. The van der Waals surface area contributed by atoms with Crippen molar-refractivity contribution in [2.45, 2.75) is 26.7 Å². The van der Waals surface area contributed by atoms with Gasteiger partial charge in [-0.05, 0) is 56.5 Å². The number of pyridine rings is 1. The number of esters is 1. The van der Waals surface area contributed by atoms with Gasteiger partial charge in [0.25, 0.3) is 5.56 Å². The second kappa shape index (κ2) is 9.66. The zero-order valence-electron chi connectivity index (χ0n) is 20.2. The lowest BCUT2D eigenvalue weighted by atomic mass is 9.97. The van der Waals surface area contributed by atoms with E-state index >= 15 is 0 Å². The molecular weight excluding hydrogens is 456 g/mol. The van der Waals surface area contributed by atoms with E-state index in [9.17, 15) is 14.9 Å². The Hall–Kier alpha value is -4.45. The highest BCUT2D eigenvalue weighted by molar-refractivity contribution is 5.92. The number of para-hydroxylation sites is 2. The lowest BCUT2D eigenvalue weighted by Gasteiger charge is -2.33. The molecule has 0 amide bonds. The number of aromatic nitrogens is 4. The van der Waals surface area contributed by atoms with E-state index in [4.69, 9.17) is 9.72 Å². The molecule has 0 spiro atoms. The number of carbonyl (C=O) groups excluding carboxylic acids is 1. The van der Waals surface area contributed by atoms with E-state index in [2.05, 4.69) is 16.0 Å². The zero-order valence-corrected chi connectivity index (χ0v) is 20.2. The number of nitriles is 1. The number of nitrogens with one attached hydrogen (secondary N) is 1. The zero-order chi connectivity index (χ0) is 25.2. The molecule has 4 heterocycles. The molecule has 0 aliphatic carbocycles. The summed E-state index contributed by atoms with van der Waals surface area (Å²) in [7, 11) is 0. The number of nitrogens with zero attached hydrogens (tertiary/aromatic N) is 5. The fourth-order valence-corrected chi connectivity index (χ4v) is 4.67. The van der Waals surface area contributed by atoms with Crippen molar-refractivity contribution in [3.05, 3.63) is 69.9 Å². The first-order valence-electron chi connectivity index (χ1n) is 12.0. The minimum absolute atomic E-state index is 0.220. The first kappa shape index (κ1) is 23.3. The number of rotatable bonds is 5. The molecule has 3 aromatic heterocycles. The van der Waals surface area contributed by atoms with E-state index in [1.807, 2.05) is 42.2 Å². The molecule has 36 heavy (non-hydrogen) atoms. The summed E-state index contributed by atoms with van der Waals surface area (Å²) in [6.45, 7) is 5.03. The van der Waals surface area contributed by atoms with Gasteiger partial charge < -0.3 is 14.6 Å². The van der Waals surface area contributed by atoms with Crippen molar-refractivity contribution in [3.8, 4) is 6.07 Å². The van der Waals surface area contributed by atoms with Crippen molar-refractivity contribution in [1.29, 1.82) is 5.26 Å². The normalized spacial score (nSPS) is 16.3. The van der Waals surface area contributed by atoms with Gasteiger partial charge in [-0.1, -0.05) is 18.2 Å². The Balaban J connectivity index is 1.67. The van der Waals surface area contributed by atoms with Crippen LogP contribution in [0.5, 0.6) is 0 Å². The Morgan fingerprint density at radius 1 is 1.28 bits per heavy atom. The Morgan fingerprint density at radius 3 is 2.89 bits per heavy atom. The second-order valence-electron chi connectivity index (χ2n) is 8.85. The fourth-order valence-electron chi connectivity index (χ4n) is 4.67. The predicted molar refractivity (Wildman–Crippen MR) is 137 cm³/mol. The molecule has 0 bridgehead atoms. The van der Waals surface area contributed by atoms with Gasteiger partial charge in [-0.25, -0.2) is 9.97 Å². The highest BCUT2D eigenvalue weighted by Crippen LogP contribution is 2.28. The van der Waals surface area contributed by atoms with Crippen molar-refractivity contribution in [1.82, 2.24) is 19.4 Å². The van der Waals surface area contributed by atoms with Crippen LogP contribution >= 0.6 is 0 Å². The van der Waals surface area contributed by atoms with Gasteiger partial charge in [0, 0.05) is 19.3 Å². The molecular formula is C27H26N6O3. The smallest absolute Gasteiger partial charge is 0.310 e. The van der Waals surface area contributed by atoms with Gasteiger partial charge >= 0.3 is 5.97 Å². The Kier molecular flexibility index (Phi) is 6.25. The number of fused-ring (bicyclic) bond motifs is 2.